The number of nitro benzene ring substituents is 1. The van der Waals surface area contributed by atoms with E-state index in [2.05, 4.69) is 16.7 Å². The average Bonchev–Trinajstić information content (AvgIpc) is 2.61. The van der Waals surface area contributed by atoms with Crippen LogP contribution in [0.5, 0.6) is 0 Å². The van der Waals surface area contributed by atoms with Crippen molar-refractivity contribution >= 4 is 23.0 Å². The van der Waals surface area contributed by atoms with E-state index < -0.39 is 4.92 Å². The van der Waals surface area contributed by atoms with E-state index in [1.165, 1.54) is 36.1 Å². The van der Waals surface area contributed by atoms with Gasteiger partial charge in [0.05, 0.1) is 17.2 Å². The SMILES string of the molecule is Cc1ccc([N+](=O)[O-])cc1NC(=O)CNc1cccc2c1CCCC2. The van der Waals surface area contributed by atoms with E-state index in [-0.39, 0.29) is 18.1 Å². The molecule has 130 valence electrons. The van der Waals surface area contributed by atoms with Crippen LogP contribution in [0.15, 0.2) is 36.4 Å². The number of hydrogen-bond donors (Lipinski definition) is 2. The Labute approximate surface area is 146 Å². The van der Waals surface area contributed by atoms with Crippen LogP contribution in [0, 0.1) is 17.0 Å². The molecule has 0 unspecified atom stereocenters. The molecular formula is C19H21N3O3. The van der Waals surface area contributed by atoms with E-state index in [0.29, 0.717) is 5.69 Å². The maximum atomic E-state index is 12.2. The Hall–Kier alpha value is -2.89. The highest BCUT2D eigenvalue weighted by Gasteiger charge is 2.14. The zero-order valence-corrected chi connectivity index (χ0v) is 14.2. The van der Waals surface area contributed by atoms with Gasteiger partial charge < -0.3 is 10.6 Å². The van der Waals surface area contributed by atoms with Gasteiger partial charge in [-0.25, -0.2) is 0 Å². The van der Waals surface area contributed by atoms with Gasteiger partial charge in [-0.2, -0.15) is 0 Å². The molecule has 0 spiro atoms. The number of hydrogen-bond acceptors (Lipinski definition) is 4. The third-order valence-corrected chi connectivity index (χ3v) is 4.54. The molecule has 1 aliphatic rings. The van der Waals surface area contributed by atoms with Gasteiger partial charge in [0, 0.05) is 17.8 Å². The molecule has 0 bridgehead atoms. The monoisotopic (exact) mass is 339 g/mol. The van der Waals surface area contributed by atoms with Crippen molar-refractivity contribution in [2.24, 2.45) is 0 Å². The van der Waals surface area contributed by atoms with Gasteiger partial charge in [-0.3, -0.25) is 14.9 Å². The third kappa shape index (κ3) is 3.96. The van der Waals surface area contributed by atoms with Crippen LogP contribution in [0.1, 0.15) is 29.5 Å². The predicted molar refractivity (Wildman–Crippen MR) is 98.0 cm³/mol. The molecule has 2 N–H and O–H groups in total. The van der Waals surface area contributed by atoms with Crippen molar-refractivity contribution in [2.75, 3.05) is 17.2 Å². The summed E-state index contributed by atoms with van der Waals surface area (Å²) in [5.41, 5.74) is 4.88. The summed E-state index contributed by atoms with van der Waals surface area (Å²) < 4.78 is 0. The van der Waals surface area contributed by atoms with Crippen LogP contribution in [0.25, 0.3) is 0 Å². The fourth-order valence-corrected chi connectivity index (χ4v) is 3.18. The van der Waals surface area contributed by atoms with Crippen LogP contribution >= 0.6 is 0 Å². The van der Waals surface area contributed by atoms with E-state index in [1.807, 2.05) is 12.1 Å². The van der Waals surface area contributed by atoms with E-state index in [9.17, 15) is 14.9 Å². The first-order valence-corrected chi connectivity index (χ1v) is 8.44. The number of aryl methyl sites for hydroxylation is 2. The Morgan fingerprint density at radius 1 is 1.16 bits per heavy atom. The number of nitro groups is 1. The minimum atomic E-state index is -0.469. The second kappa shape index (κ2) is 7.34. The molecule has 0 heterocycles. The molecule has 0 aromatic heterocycles. The highest BCUT2D eigenvalue weighted by atomic mass is 16.6. The molecule has 6 heteroatoms. The molecule has 0 radical (unpaired) electrons. The quantitative estimate of drug-likeness (QED) is 0.640. The molecule has 2 aromatic carbocycles. The second-order valence-corrected chi connectivity index (χ2v) is 6.31. The zero-order valence-electron chi connectivity index (χ0n) is 14.2. The molecule has 2 aromatic rings. The highest BCUT2D eigenvalue weighted by molar-refractivity contribution is 5.94. The smallest absolute Gasteiger partial charge is 0.271 e. The molecule has 0 atom stereocenters. The lowest BCUT2D eigenvalue weighted by molar-refractivity contribution is -0.384. The topological polar surface area (TPSA) is 84.3 Å². The lowest BCUT2D eigenvalue weighted by Crippen LogP contribution is -2.23. The normalized spacial score (nSPS) is 13.0. The van der Waals surface area contributed by atoms with Crippen molar-refractivity contribution in [1.29, 1.82) is 0 Å². The van der Waals surface area contributed by atoms with Crippen molar-refractivity contribution in [3.8, 4) is 0 Å². The van der Waals surface area contributed by atoms with Crippen molar-refractivity contribution < 1.29 is 9.72 Å². The van der Waals surface area contributed by atoms with E-state index in [4.69, 9.17) is 0 Å². The second-order valence-electron chi connectivity index (χ2n) is 6.31. The number of nitrogens with one attached hydrogen (secondary N) is 2. The summed E-state index contributed by atoms with van der Waals surface area (Å²) in [6.07, 6.45) is 4.50. The van der Waals surface area contributed by atoms with Crippen molar-refractivity contribution in [2.45, 2.75) is 32.6 Å². The first-order valence-electron chi connectivity index (χ1n) is 8.44. The van der Waals surface area contributed by atoms with Crippen LogP contribution < -0.4 is 10.6 Å². The third-order valence-electron chi connectivity index (χ3n) is 4.54. The van der Waals surface area contributed by atoms with Gasteiger partial charge in [-0.05, 0) is 55.4 Å². The van der Waals surface area contributed by atoms with Gasteiger partial charge in [0.15, 0.2) is 0 Å². The first kappa shape index (κ1) is 17.0. The number of fused-ring (bicyclic) bond motifs is 1. The molecule has 6 nitrogen and oxygen atoms in total. The number of rotatable bonds is 5. The van der Waals surface area contributed by atoms with Crippen LogP contribution in [0.3, 0.4) is 0 Å². The van der Waals surface area contributed by atoms with Crippen LogP contribution in [-0.2, 0) is 17.6 Å². The molecule has 3 rings (SSSR count). The number of non-ortho nitro benzene ring substituents is 1. The van der Waals surface area contributed by atoms with Gasteiger partial charge >= 0.3 is 0 Å². The van der Waals surface area contributed by atoms with Crippen molar-refractivity contribution in [3.63, 3.8) is 0 Å². The Kier molecular flexibility index (Phi) is 4.97. The van der Waals surface area contributed by atoms with Gasteiger partial charge in [0.1, 0.15) is 0 Å². The summed E-state index contributed by atoms with van der Waals surface area (Å²) in [5, 5.41) is 16.8. The molecule has 0 fully saturated rings. The van der Waals surface area contributed by atoms with Gasteiger partial charge in [-0.1, -0.05) is 18.2 Å². The van der Waals surface area contributed by atoms with E-state index in [1.54, 1.807) is 13.0 Å². The highest BCUT2D eigenvalue weighted by Crippen LogP contribution is 2.28. The molecule has 1 amide bonds. The van der Waals surface area contributed by atoms with Gasteiger partial charge in [-0.15, -0.1) is 0 Å². The Balaban J connectivity index is 1.66. The molecule has 0 aliphatic heterocycles. The minimum absolute atomic E-state index is 0.0361. The fraction of sp³-hybridized carbons (Fsp3) is 0.316. The predicted octanol–water partition coefficient (Wildman–Crippen LogP) is 3.83. The van der Waals surface area contributed by atoms with Crippen LogP contribution in [-0.4, -0.2) is 17.4 Å². The lowest BCUT2D eigenvalue weighted by atomic mass is 9.90. The molecule has 25 heavy (non-hydrogen) atoms. The van der Waals surface area contributed by atoms with Gasteiger partial charge in [0.2, 0.25) is 5.91 Å². The summed E-state index contributed by atoms with van der Waals surface area (Å²) in [7, 11) is 0. The standard InChI is InChI=1S/C19H21N3O3/c1-13-9-10-15(22(24)25)11-18(13)21-19(23)12-20-17-8-4-6-14-5-2-3-7-16(14)17/h4,6,8-11,20H,2-3,5,7,12H2,1H3,(H,21,23). The number of nitrogens with zero attached hydrogens (tertiary/aromatic N) is 1. The summed E-state index contributed by atoms with van der Waals surface area (Å²) in [5.74, 6) is -0.225. The Bertz CT molecular complexity index is 818. The van der Waals surface area contributed by atoms with E-state index >= 15 is 0 Å². The molecule has 0 saturated carbocycles. The Morgan fingerprint density at radius 3 is 2.76 bits per heavy atom. The number of carbonyl (C=O) groups is 1. The maximum absolute atomic E-state index is 12.2. The number of anilines is 2. The average molecular weight is 339 g/mol. The first-order chi connectivity index (χ1) is 12.0. The Morgan fingerprint density at radius 2 is 1.96 bits per heavy atom. The minimum Gasteiger partial charge on any atom is -0.376 e. The zero-order chi connectivity index (χ0) is 17.8. The summed E-state index contributed by atoms with van der Waals surface area (Å²) in [6.45, 7) is 1.93. The van der Waals surface area contributed by atoms with Crippen LogP contribution in [0.2, 0.25) is 0 Å². The molecular weight excluding hydrogens is 318 g/mol. The van der Waals surface area contributed by atoms with Crippen LogP contribution in [0.4, 0.5) is 17.1 Å². The largest absolute Gasteiger partial charge is 0.376 e. The molecule has 0 saturated heterocycles. The number of carbonyl (C=O) groups excluding carboxylic acids is 1. The lowest BCUT2D eigenvalue weighted by Gasteiger charge is -2.20. The van der Waals surface area contributed by atoms with Gasteiger partial charge in [0.25, 0.3) is 5.69 Å². The summed E-state index contributed by atoms with van der Waals surface area (Å²) in [6, 6.07) is 10.6. The maximum Gasteiger partial charge on any atom is 0.271 e. The molecule has 1 aliphatic carbocycles. The fourth-order valence-electron chi connectivity index (χ4n) is 3.18. The number of benzene rings is 2. The summed E-state index contributed by atoms with van der Waals surface area (Å²) in [4.78, 5) is 22.7. The van der Waals surface area contributed by atoms with Crippen molar-refractivity contribution in [1.82, 2.24) is 0 Å². The number of amides is 1. The van der Waals surface area contributed by atoms with Crippen molar-refractivity contribution in [3.05, 3.63) is 63.2 Å². The van der Waals surface area contributed by atoms with E-state index in [0.717, 1.165) is 24.1 Å². The summed E-state index contributed by atoms with van der Waals surface area (Å²) >= 11 is 0.